The molecular weight excluding hydrogens is 438 g/mol. The van der Waals surface area contributed by atoms with Crippen LogP contribution in [0.25, 0.3) is 11.1 Å². The number of ether oxygens (including phenoxy) is 1. The summed E-state index contributed by atoms with van der Waals surface area (Å²) >= 11 is 0. The molecule has 0 amide bonds. The van der Waals surface area contributed by atoms with Gasteiger partial charge in [0.1, 0.15) is 0 Å². The summed E-state index contributed by atoms with van der Waals surface area (Å²) in [7, 11) is 0. The third-order valence-electron chi connectivity index (χ3n) is 7.25. The molecule has 0 spiro atoms. The molecule has 0 aromatic heterocycles. The van der Waals surface area contributed by atoms with Gasteiger partial charge < -0.3 is 4.74 Å². The Hall–Kier alpha value is -2.94. The fourth-order valence-electron chi connectivity index (χ4n) is 5.09. The maximum absolute atomic E-state index is 14.6. The molecule has 0 aliphatic heterocycles. The van der Waals surface area contributed by atoms with Gasteiger partial charge in [0.2, 0.25) is 5.82 Å². The van der Waals surface area contributed by atoms with Gasteiger partial charge in [-0.25, -0.2) is 4.39 Å². The maximum atomic E-state index is 14.6. The van der Waals surface area contributed by atoms with Gasteiger partial charge in [0.05, 0.1) is 6.61 Å². The summed E-state index contributed by atoms with van der Waals surface area (Å²) in [5.74, 6) is -0.977. The van der Waals surface area contributed by atoms with Gasteiger partial charge in [-0.3, -0.25) is 0 Å². The highest BCUT2D eigenvalue weighted by Crippen LogP contribution is 2.39. The Kier molecular flexibility index (Phi) is 8.74. The molecule has 0 radical (unpaired) electrons. The SMILES string of the molecule is CCOc1ccc(C2CCC(/C=C/CCc3ccc(-c4ccc(CC)cc4)cc3)CC2)c(F)c1F. The molecule has 4 rings (SSSR count). The monoisotopic (exact) mass is 474 g/mol. The molecule has 35 heavy (non-hydrogen) atoms. The number of hydrogen-bond acceptors (Lipinski definition) is 1. The molecule has 3 aromatic rings. The molecule has 3 heteroatoms. The quantitative estimate of drug-likeness (QED) is 0.281. The molecule has 0 N–H and O–H groups in total. The van der Waals surface area contributed by atoms with Crippen LogP contribution in [-0.2, 0) is 12.8 Å². The van der Waals surface area contributed by atoms with E-state index in [1.54, 1.807) is 19.1 Å². The van der Waals surface area contributed by atoms with E-state index in [0.717, 1.165) is 44.9 Å². The zero-order valence-corrected chi connectivity index (χ0v) is 20.9. The topological polar surface area (TPSA) is 9.23 Å². The number of benzene rings is 3. The third-order valence-corrected chi connectivity index (χ3v) is 7.25. The van der Waals surface area contributed by atoms with Gasteiger partial charge in [0.15, 0.2) is 11.6 Å². The average Bonchev–Trinajstić information content (AvgIpc) is 2.90. The van der Waals surface area contributed by atoms with Crippen molar-refractivity contribution in [2.24, 2.45) is 5.92 Å². The van der Waals surface area contributed by atoms with E-state index in [1.165, 1.54) is 22.3 Å². The zero-order chi connectivity index (χ0) is 24.6. The number of hydrogen-bond donors (Lipinski definition) is 0. The first-order valence-corrected chi connectivity index (χ1v) is 13.0. The van der Waals surface area contributed by atoms with Crippen LogP contribution < -0.4 is 4.74 Å². The van der Waals surface area contributed by atoms with Gasteiger partial charge in [-0.15, -0.1) is 0 Å². The second-order valence-electron chi connectivity index (χ2n) is 9.54. The van der Waals surface area contributed by atoms with Crippen LogP contribution in [0.4, 0.5) is 8.78 Å². The second-order valence-corrected chi connectivity index (χ2v) is 9.54. The number of rotatable bonds is 9. The van der Waals surface area contributed by atoms with E-state index in [-0.39, 0.29) is 11.7 Å². The number of halogens is 2. The summed E-state index contributed by atoms with van der Waals surface area (Å²) in [6.07, 6.45) is 11.5. The molecular formula is C32H36F2O. The normalized spacial score (nSPS) is 18.2. The molecule has 0 bridgehead atoms. The highest BCUT2D eigenvalue weighted by molar-refractivity contribution is 5.64. The van der Waals surface area contributed by atoms with E-state index in [9.17, 15) is 8.78 Å². The Morgan fingerprint density at radius 1 is 0.771 bits per heavy atom. The van der Waals surface area contributed by atoms with E-state index >= 15 is 0 Å². The smallest absolute Gasteiger partial charge is 0.200 e. The van der Waals surface area contributed by atoms with Crippen LogP contribution in [-0.4, -0.2) is 6.61 Å². The standard InChI is InChI=1S/C32H36F2O/c1-3-23-9-15-26(16-10-23)27-17-11-24(12-18-27)7-5-6-8-25-13-19-28(20-14-25)29-21-22-30(35-4-2)32(34)31(29)33/h6,8-12,15-18,21-22,25,28H,3-5,7,13-14,19-20H2,1-2H3/b8-6+. The van der Waals surface area contributed by atoms with E-state index in [0.29, 0.717) is 18.1 Å². The van der Waals surface area contributed by atoms with Crippen molar-refractivity contribution in [3.63, 3.8) is 0 Å². The predicted molar refractivity (Wildman–Crippen MR) is 141 cm³/mol. The van der Waals surface area contributed by atoms with Crippen molar-refractivity contribution in [3.8, 4) is 16.9 Å². The molecule has 1 fully saturated rings. The van der Waals surface area contributed by atoms with E-state index in [2.05, 4.69) is 67.6 Å². The lowest BCUT2D eigenvalue weighted by molar-refractivity contribution is 0.310. The highest BCUT2D eigenvalue weighted by atomic mass is 19.2. The minimum absolute atomic E-state index is 0.00522. The van der Waals surface area contributed by atoms with E-state index in [4.69, 9.17) is 4.74 Å². The van der Waals surface area contributed by atoms with Gasteiger partial charge in [-0.2, -0.15) is 4.39 Å². The molecule has 0 heterocycles. The highest BCUT2D eigenvalue weighted by Gasteiger charge is 2.25. The van der Waals surface area contributed by atoms with Crippen LogP contribution in [0.1, 0.15) is 68.6 Å². The molecule has 1 aliphatic rings. The van der Waals surface area contributed by atoms with Crippen molar-refractivity contribution in [3.05, 3.63) is 101 Å². The van der Waals surface area contributed by atoms with Crippen LogP contribution in [0.2, 0.25) is 0 Å². The average molecular weight is 475 g/mol. The molecule has 1 aliphatic carbocycles. The van der Waals surface area contributed by atoms with E-state index in [1.807, 2.05) is 0 Å². The Labute approximate surface area is 208 Å². The number of aryl methyl sites for hydroxylation is 2. The number of allylic oxidation sites excluding steroid dienone is 2. The van der Waals surface area contributed by atoms with Crippen molar-refractivity contribution in [2.75, 3.05) is 6.61 Å². The lowest BCUT2D eigenvalue weighted by atomic mass is 9.78. The summed E-state index contributed by atoms with van der Waals surface area (Å²) in [4.78, 5) is 0. The molecule has 0 atom stereocenters. The van der Waals surface area contributed by atoms with Crippen LogP contribution in [0.5, 0.6) is 5.75 Å². The fourth-order valence-corrected chi connectivity index (χ4v) is 5.09. The molecule has 1 nitrogen and oxygen atoms in total. The van der Waals surface area contributed by atoms with Crippen LogP contribution >= 0.6 is 0 Å². The van der Waals surface area contributed by atoms with Gasteiger partial charge >= 0.3 is 0 Å². The zero-order valence-electron chi connectivity index (χ0n) is 20.9. The van der Waals surface area contributed by atoms with Crippen molar-refractivity contribution < 1.29 is 13.5 Å². The maximum Gasteiger partial charge on any atom is 0.200 e. The first kappa shape index (κ1) is 25.2. The minimum Gasteiger partial charge on any atom is -0.491 e. The van der Waals surface area contributed by atoms with Gasteiger partial charge in [0.25, 0.3) is 0 Å². The van der Waals surface area contributed by atoms with Crippen LogP contribution in [0.15, 0.2) is 72.8 Å². The van der Waals surface area contributed by atoms with Gasteiger partial charge in [0, 0.05) is 0 Å². The lowest BCUT2D eigenvalue weighted by Crippen LogP contribution is -2.14. The fraction of sp³-hybridized carbons (Fsp3) is 0.375. The van der Waals surface area contributed by atoms with E-state index < -0.39 is 11.6 Å². The lowest BCUT2D eigenvalue weighted by Gasteiger charge is -2.27. The summed E-state index contributed by atoms with van der Waals surface area (Å²) < 4.78 is 34.0. The second kappa shape index (κ2) is 12.2. The Morgan fingerprint density at radius 2 is 1.40 bits per heavy atom. The van der Waals surface area contributed by atoms with Crippen LogP contribution in [0, 0.1) is 17.6 Å². The van der Waals surface area contributed by atoms with Crippen molar-refractivity contribution in [1.29, 1.82) is 0 Å². The first-order valence-electron chi connectivity index (χ1n) is 13.0. The molecule has 184 valence electrons. The summed E-state index contributed by atoms with van der Waals surface area (Å²) in [6, 6.07) is 21.0. The van der Waals surface area contributed by atoms with Crippen molar-refractivity contribution in [1.82, 2.24) is 0 Å². The summed E-state index contributed by atoms with van der Waals surface area (Å²) in [5.41, 5.74) is 5.73. The molecule has 0 unspecified atom stereocenters. The predicted octanol–water partition coefficient (Wildman–Crippen LogP) is 9.06. The molecule has 3 aromatic carbocycles. The summed E-state index contributed by atoms with van der Waals surface area (Å²) in [5, 5.41) is 0. The molecule has 1 saturated carbocycles. The minimum atomic E-state index is -0.853. The van der Waals surface area contributed by atoms with Gasteiger partial charge in [-0.1, -0.05) is 73.7 Å². The summed E-state index contributed by atoms with van der Waals surface area (Å²) in [6.45, 7) is 4.27. The Balaban J connectivity index is 1.24. The Bertz CT molecular complexity index is 1110. The van der Waals surface area contributed by atoms with Crippen molar-refractivity contribution >= 4 is 0 Å². The van der Waals surface area contributed by atoms with Crippen molar-refractivity contribution in [2.45, 2.75) is 64.7 Å². The molecule has 0 saturated heterocycles. The Morgan fingerprint density at radius 3 is 2.00 bits per heavy atom. The largest absolute Gasteiger partial charge is 0.491 e. The first-order chi connectivity index (χ1) is 17.1. The van der Waals surface area contributed by atoms with Gasteiger partial charge in [-0.05, 0) is 97.6 Å². The van der Waals surface area contributed by atoms with Crippen LogP contribution in [0.3, 0.4) is 0 Å². The third kappa shape index (κ3) is 6.39.